The summed E-state index contributed by atoms with van der Waals surface area (Å²) < 4.78 is 0.965. The fourth-order valence-corrected chi connectivity index (χ4v) is 3.61. The summed E-state index contributed by atoms with van der Waals surface area (Å²) in [5, 5.41) is 10.6. The number of fused-ring (bicyclic) bond motifs is 3. The van der Waals surface area contributed by atoms with Crippen molar-refractivity contribution in [2.24, 2.45) is 0 Å². The molecule has 4 rings (SSSR count). The lowest BCUT2D eigenvalue weighted by Gasteiger charge is -2.54. The first-order valence-electron chi connectivity index (χ1n) is 6.62. The predicted octanol–water partition coefficient (Wildman–Crippen LogP) is 1.43. The van der Waals surface area contributed by atoms with Gasteiger partial charge in [-0.3, -0.25) is 4.90 Å². The first-order valence-corrected chi connectivity index (χ1v) is 7.16. The Morgan fingerprint density at radius 1 is 1.28 bits per heavy atom. The van der Waals surface area contributed by atoms with Crippen LogP contribution in [0.3, 0.4) is 0 Å². The van der Waals surface area contributed by atoms with E-state index in [2.05, 4.69) is 4.90 Å². The maximum absolute atomic E-state index is 10.6. The van der Waals surface area contributed by atoms with Gasteiger partial charge in [0, 0.05) is 13.1 Å². The zero-order chi connectivity index (χ0) is 12.6. The molecule has 0 radical (unpaired) electrons. The summed E-state index contributed by atoms with van der Waals surface area (Å²) in [5.41, 5.74) is 1.02. The molecule has 0 amide bonds. The van der Waals surface area contributed by atoms with E-state index < -0.39 is 6.10 Å². The average Bonchev–Trinajstić information content (AvgIpc) is 2.48. The van der Waals surface area contributed by atoms with Crippen molar-refractivity contribution in [2.45, 2.75) is 12.1 Å². The lowest BCUT2D eigenvalue weighted by molar-refractivity contribution is -0.935. The zero-order valence-corrected chi connectivity index (χ0v) is 11.3. The van der Waals surface area contributed by atoms with Gasteiger partial charge in [0.15, 0.2) is 6.00 Å². The SMILES string of the molecule is OC(c1ccccc1)[C@H]1C[N+]2(CCl)CCN1CC2. The fourth-order valence-electron chi connectivity index (χ4n) is 3.27. The number of aliphatic hydroxyl groups excluding tert-OH is 1. The minimum atomic E-state index is -0.396. The molecule has 3 heterocycles. The van der Waals surface area contributed by atoms with Gasteiger partial charge in [-0.2, -0.15) is 0 Å². The monoisotopic (exact) mass is 267 g/mol. The van der Waals surface area contributed by atoms with Crippen LogP contribution in [-0.2, 0) is 0 Å². The summed E-state index contributed by atoms with van der Waals surface area (Å²) in [6.07, 6.45) is -0.396. The van der Waals surface area contributed by atoms with Crippen LogP contribution in [0.5, 0.6) is 0 Å². The Labute approximate surface area is 113 Å². The van der Waals surface area contributed by atoms with Crippen LogP contribution in [0.1, 0.15) is 11.7 Å². The van der Waals surface area contributed by atoms with Gasteiger partial charge in [0.1, 0.15) is 0 Å². The molecular formula is C14H20ClN2O+. The van der Waals surface area contributed by atoms with E-state index in [9.17, 15) is 5.11 Å². The van der Waals surface area contributed by atoms with E-state index in [1.807, 2.05) is 30.3 Å². The molecule has 18 heavy (non-hydrogen) atoms. The number of hydrogen-bond acceptors (Lipinski definition) is 2. The topological polar surface area (TPSA) is 23.5 Å². The normalized spacial score (nSPS) is 36.6. The number of aliphatic hydroxyl groups is 1. The summed E-state index contributed by atoms with van der Waals surface area (Å²) in [4.78, 5) is 2.42. The highest BCUT2D eigenvalue weighted by Gasteiger charge is 2.46. The molecular weight excluding hydrogens is 248 g/mol. The Bertz CT molecular complexity index is 404. The van der Waals surface area contributed by atoms with Gasteiger partial charge in [0.05, 0.1) is 31.8 Å². The van der Waals surface area contributed by atoms with Crippen molar-refractivity contribution >= 4 is 11.6 Å². The van der Waals surface area contributed by atoms with Crippen molar-refractivity contribution in [3.63, 3.8) is 0 Å². The molecule has 4 heteroatoms. The largest absolute Gasteiger partial charge is 0.387 e. The van der Waals surface area contributed by atoms with Crippen LogP contribution >= 0.6 is 11.6 Å². The number of quaternary nitrogens is 1. The number of halogens is 1. The van der Waals surface area contributed by atoms with E-state index in [1.165, 1.54) is 0 Å². The lowest BCUT2D eigenvalue weighted by atomic mass is 9.95. The summed E-state index contributed by atoms with van der Waals surface area (Å²) in [5.74, 6) is 0. The molecule has 1 unspecified atom stereocenters. The van der Waals surface area contributed by atoms with Crippen molar-refractivity contribution in [1.29, 1.82) is 0 Å². The highest BCUT2D eigenvalue weighted by Crippen LogP contribution is 2.31. The molecule has 2 atom stereocenters. The second-order valence-corrected chi connectivity index (χ2v) is 5.79. The lowest BCUT2D eigenvalue weighted by Crippen LogP contribution is -2.71. The third-order valence-electron chi connectivity index (χ3n) is 4.53. The molecule has 0 aromatic heterocycles. The molecule has 3 nitrogen and oxygen atoms in total. The molecule has 1 N–H and O–H groups in total. The van der Waals surface area contributed by atoms with Crippen LogP contribution < -0.4 is 0 Å². The predicted molar refractivity (Wildman–Crippen MR) is 72.3 cm³/mol. The van der Waals surface area contributed by atoms with Gasteiger partial charge in [-0.15, -0.1) is 0 Å². The van der Waals surface area contributed by atoms with E-state index in [-0.39, 0.29) is 6.04 Å². The Kier molecular flexibility index (Phi) is 3.32. The highest BCUT2D eigenvalue weighted by atomic mass is 35.5. The summed E-state index contributed by atoms with van der Waals surface area (Å²) in [7, 11) is 0. The molecule has 98 valence electrons. The maximum atomic E-state index is 10.6. The van der Waals surface area contributed by atoms with Crippen molar-refractivity contribution in [2.75, 3.05) is 38.7 Å². The molecule has 0 aliphatic carbocycles. The van der Waals surface area contributed by atoms with Crippen molar-refractivity contribution in [1.82, 2.24) is 4.90 Å². The summed E-state index contributed by atoms with van der Waals surface area (Å²) in [6.45, 7) is 5.34. The van der Waals surface area contributed by atoms with E-state index in [4.69, 9.17) is 11.6 Å². The van der Waals surface area contributed by atoms with Crippen LogP contribution in [0.2, 0.25) is 0 Å². The van der Waals surface area contributed by atoms with Gasteiger partial charge in [-0.25, -0.2) is 0 Å². The van der Waals surface area contributed by atoms with Gasteiger partial charge < -0.3 is 9.59 Å². The van der Waals surface area contributed by atoms with Crippen LogP contribution in [0.25, 0.3) is 0 Å². The maximum Gasteiger partial charge on any atom is 0.155 e. The van der Waals surface area contributed by atoms with Crippen LogP contribution in [-0.4, -0.2) is 59.3 Å². The second-order valence-electron chi connectivity index (χ2n) is 5.55. The molecule has 1 aromatic carbocycles. The Hall–Kier alpha value is -0.610. The number of nitrogens with zero attached hydrogens (tertiary/aromatic N) is 2. The molecule has 3 aliphatic heterocycles. The molecule has 3 saturated heterocycles. The van der Waals surface area contributed by atoms with Crippen molar-refractivity contribution < 1.29 is 9.59 Å². The minimum absolute atomic E-state index is 0.216. The first kappa shape index (κ1) is 12.4. The highest BCUT2D eigenvalue weighted by molar-refractivity contribution is 6.17. The molecule has 2 bridgehead atoms. The van der Waals surface area contributed by atoms with Crippen LogP contribution in [0.4, 0.5) is 0 Å². The fraction of sp³-hybridized carbons (Fsp3) is 0.571. The van der Waals surface area contributed by atoms with Gasteiger partial charge >= 0.3 is 0 Å². The zero-order valence-electron chi connectivity index (χ0n) is 10.5. The number of piperazine rings is 3. The molecule has 0 spiro atoms. The van der Waals surface area contributed by atoms with Gasteiger partial charge in [-0.05, 0) is 5.56 Å². The molecule has 3 aliphatic rings. The molecule has 3 fully saturated rings. The van der Waals surface area contributed by atoms with E-state index >= 15 is 0 Å². The minimum Gasteiger partial charge on any atom is -0.387 e. The standard InChI is InChI=1S/C14H20ClN2O/c15-11-17-8-6-16(7-9-17)13(10-17)14(18)12-4-2-1-3-5-12/h1-5,13-14,18H,6-11H2/q+1/t13-,14?/m1/s1. The number of alkyl halides is 1. The van der Waals surface area contributed by atoms with E-state index in [1.54, 1.807) is 0 Å². The van der Waals surface area contributed by atoms with Crippen LogP contribution in [0.15, 0.2) is 30.3 Å². The third kappa shape index (κ3) is 2.05. The summed E-state index contributed by atoms with van der Waals surface area (Å²) in [6, 6.07) is 10.9. The average molecular weight is 268 g/mol. The Morgan fingerprint density at radius 3 is 2.56 bits per heavy atom. The number of hydrogen-bond donors (Lipinski definition) is 1. The van der Waals surface area contributed by atoms with Gasteiger partial charge in [-0.1, -0.05) is 41.9 Å². The van der Waals surface area contributed by atoms with Crippen LogP contribution in [0, 0.1) is 0 Å². The van der Waals surface area contributed by atoms with Crippen molar-refractivity contribution in [3.05, 3.63) is 35.9 Å². The Balaban J connectivity index is 1.81. The number of benzene rings is 1. The van der Waals surface area contributed by atoms with Gasteiger partial charge in [0.2, 0.25) is 0 Å². The first-order chi connectivity index (χ1) is 8.74. The van der Waals surface area contributed by atoms with Crippen molar-refractivity contribution in [3.8, 4) is 0 Å². The van der Waals surface area contributed by atoms with Gasteiger partial charge in [0.25, 0.3) is 0 Å². The number of rotatable bonds is 3. The molecule has 0 saturated carbocycles. The molecule has 1 aromatic rings. The van der Waals surface area contributed by atoms with E-state index in [0.717, 1.165) is 42.8 Å². The quantitative estimate of drug-likeness (QED) is 0.509. The second kappa shape index (κ2) is 4.82. The Morgan fingerprint density at radius 2 is 1.94 bits per heavy atom. The van der Waals surface area contributed by atoms with E-state index in [0.29, 0.717) is 6.00 Å². The third-order valence-corrected chi connectivity index (χ3v) is 5.03. The smallest absolute Gasteiger partial charge is 0.155 e. The summed E-state index contributed by atoms with van der Waals surface area (Å²) >= 11 is 6.15.